The van der Waals surface area contributed by atoms with E-state index in [1.807, 2.05) is 12.1 Å². The molecule has 3 unspecified atom stereocenters. The normalized spacial score (nSPS) is 23.5. The number of nitrogens with zero attached hydrogens (tertiary/aromatic N) is 1. The van der Waals surface area contributed by atoms with Crippen LogP contribution in [0.5, 0.6) is 5.75 Å². The summed E-state index contributed by atoms with van der Waals surface area (Å²) in [5.41, 5.74) is -0.751. The van der Waals surface area contributed by atoms with Crippen LogP contribution in [-0.4, -0.2) is 57.9 Å². The standard InChI is InChI=1S/C17H17N2O8P.2CH4O/c20-8-12-7-19(17(22)18-16(12)21)15-6-5-13(26-15)10-25-28(23)24-9-11-3-1-2-4-14(11)27-28;2*1-2/h1-4,7-8,13,15,23H,5-6,9-10H2;2*2H,1H3/p+1. The highest BCUT2D eigenvalue weighted by Crippen LogP contribution is 2.61. The van der Waals surface area contributed by atoms with Gasteiger partial charge in [0.2, 0.25) is 0 Å². The van der Waals surface area contributed by atoms with Gasteiger partial charge in [-0.1, -0.05) is 18.2 Å². The van der Waals surface area contributed by atoms with Gasteiger partial charge >= 0.3 is 13.9 Å². The fourth-order valence-corrected chi connectivity index (χ4v) is 4.33. The molecule has 3 heterocycles. The molecular weight excluding hydrogens is 447 g/mol. The quantitative estimate of drug-likeness (QED) is 0.355. The number of ether oxygens (including phenoxy) is 1. The van der Waals surface area contributed by atoms with Gasteiger partial charge in [-0.25, -0.2) is 4.79 Å². The second-order valence-electron chi connectivity index (χ2n) is 6.40. The van der Waals surface area contributed by atoms with Crippen molar-refractivity contribution in [1.82, 2.24) is 9.55 Å². The molecule has 176 valence electrons. The zero-order chi connectivity index (χ0) is 23.7. The first kappa shape index (κ1) is 25.8. The second-order valence-corrected chi connectivity index (χ2v) is 8.03. The first-order valence-corrected chi connectivity index (χ1v) is 11.0. The molecule has 1 saturated heterocycles. The van der Waals surface area contributed by atoms with Crippen molar-refractivity contribution in [2.45, 2.75) is 31.8 Å². The highest BCUT2D eigenvalue weighted by Gasteiger charge is 2.51. The number of carbonyl (C=O) groups excluding carboxylic acids is 1. The van der Waals surface area contributed by atoms with Crippen molar-refractivity contribution < 1.29 is 38.2 Å². The summed E-state index contributed by atoms with van der Waals surface area (Å²) in [7, 11) is -1.51. The zero-order valence-electron chi connectivity index (χ0n) is 17.5. The van der Waals surface area contributed by atoms with Gasteiger partial charge in [0.05, 0.1) is 11.7 Å². The van der Waals surface area contributed by atoms with E-state index >= 15 is 0 Å². The molecule has 12 nitrogen and oxygen atoms in total. The van der Waals surface area contributed by atoms with Crippen LogP contribution in [0.15, 0.2) is 40.1 Å². The Morgan fingerprint density at radius 1 is 1.22 bits per heavy atom. The Hall–Kier alpha value is -2.44. The van der Waals surface area contributed by atoms with E-state index in [4.69, 9.17) is 28.5 Å². The molecule has 0 saturated carbocycles. The number of hydrogen-bond acceptors (Lipinski definition) is 10. The van der Waals surface area contributed by atoms with Gasteiger partial charge in [-0.15, -0.1) is 9.05 Å². The van der Waals surface area contributed by atoms with Gasteiger partial charge in [-0.3, -0.25) is 23.7 Å². The average Bonchev–Trinajstić information content (AvgIpc) is 3.29. The molecule has 4 N–H and O–H groups in total. The summed E-state index contributed by atoms with van der Waals surface area (Å²) in [6.45, 7) is 0.178. The van der Waals surface area contributed by atoms with Crippen LogP contribution in [0.4, 0.5) is 0 Å². The number of hydrogen-bond donors (Lipinski definition) is 4. The summed E-state index contributed by atoms with van der Waals surface area (Å²) >= 11 is 0. The van der Waals surface area contributed by atoms with E-state index in [-0.39, 0.29) is 18.8 Å². The Kier molecular flexibility index (Phi) is 9.66. The molecular formula is C19H26N2O10P+. The van der Waals surface area contributed by atoms with Crippen molar-refractivity contribution in [1.29, 1.82) is 0 Å². The highest BCUT2D eigenvalue weighted by atomic mass is 31.2. The maximum Gasteiger partial charge on any atom is 0.619 e. The van der Waals surface area contributed by atoms with Crippen molar-refractivity contribution in [3.8, 4) is 5.75 Å². The molecule has 2 aliphatic rings. The minimum atomic E-state index is -3.51. The molecule has 0 amide bonds. The summed E-state index contributed by atoms with van der Waals surface area (Å²) in [5.74, 6) is 0.510. The number of aromatic nitrogens is 2. The number of para-hydroxylation sites is 1. The van der Waals surface area contributed by atoms with Crippen molar-refractivity contribution >= 4 is 14.5 Å². The molecule has 13 heteroatoms. The number of H-pyrrole nitrogens is 1. The Labute approximate surface area is 183 Å². The van der Waals surface area contributed by atoms with Gasteiger partial charge in [-0.2, -0.15) is 4.89 Å². The molecule has 2 aromatic rings. The Bertz CT molecular complexity index is 1010. The number of benzene rings is 1. The molecule has 3 atom stereocenters. The van der Waals surface area contributed by atoms with Crippen LogP contribution < -0.4 is 15.8 Å². The van der Waals surface area contributed by atoms with Gasteiger partial charge in [0.25, 0.3) is 5.56 Å². The van der Waals surface area contributed by atoms with Gasteiger partial charge in [0.1, 0.15) is 19.4 Å². The lowest BCUT2D eigenvalue weighted by Crippen LogP contribution is -2.34. The fourth-order valence-electron chi connectivity index (χ4n) is 3.07. The van der Waals surface area contributed by atoms with E-state index in [0.717, 1.165) is 19.8 Å². The molecule has 4 rings (SSSR count). The number of aldehydes is 1. The van der Waals surface area contributed by atoms with Crippen molar-refractivity contribution in [3.63, 3.8) is 0 Å². The van der Waals surface area contributed by atoms with E-state index in [0.29, 0.717) is 24.9 Å². The number of aliphatic hydroxyl groups excluding tert-OH is 2. The summed E-state index contributed by atoms with van der Waals surface area (Å²) in [4.78, 5) is 46.9. The van der Waals surface area contributed by atoms with Crippen molar-refractivity contribution in [2.24, 2.45) is 0 Å². The van der Waals surface area contributed by atoms with Gasteiger partial charge in [0.15, 0.2) is 12.0 Å². The fraction of sp³-hybridized carbons (Fsp3) is 0.421. The Morgan fingerprint density at radius 2 is 1.94 bits per heavy atom. The maximum absolute atomic E-state index is 12.0. The van der Waals surface area contributed by atoms with E-state index < -0.39 is 31.8 Å². The number of aromatic amines is 1. The van der Waals surface area contributed by atoms with E-state index in [9.17, 15) is 19.3 Å². The van der Waals surface area contributed by atoms with Crippen molar-refractivity contribution in [2.75, 3.05) is 20.8 Å². The minimum Gasteiger partial charge on any atom is -0.400 e. The Balaban J connectivity index is 0.000000860. The highest BCUT2D eigenvalue weighted by molar-refractivity contribution is 7.55. The monoisotopic (exact) mass is 473 g/mol. The number of fused-ring (bicyclic) bond motifs is 1. The van der Waals surface area contributed by atoms with Gasteiger partial charge < -0.3 is 14.9 Å². The van der Waals surface area contributed by atoms with Crippen LogP contribution in [0.3, 0.4) is 0 Å². The van der Waals surface area contributed by atoms with E-state index in [2.05, 4.69) is 4.98 Å². The van der Waals surface area contributed by atoms with E-state index in [1.54, 1.807) is 12.1 Å². The molecule has 1 fully saturated rings. The predicted octanol–water partition coefficient (Wildman–Crippen LogP) is 0.539. The Morgan fingerprint density at radius 3 is 2.66 bits per heavy atom. The second kappa shape index (κ2) is 12.0. The molecule has 0 aliphatic carbocycles. The number of nitrogens with one attached hydrogen (secondary N) is 1. The van der Waals surface area contributed by atoms with Crippen LogP contribution in [0, 0.1) is 0 Å². The molecule has 0 spiro atoms. The summed E-state index contributed by atoms with van der Waals surface area (Å²) in [5, 5.41) is 14.0. The van der Waals surface area contributed by atoms with Crippen LogP contribution in [0.1, 0.15) is 35.0 Å². The molecule has 32 heavy (non-hydrogen) atoms. The molecule has 1 aromatic carbocycles. The van der Waals surface area contributed by atoms with Crippen LogP contribution in [0.2, 0.25) is 0 Å². The van der Waals surface area contributed by atoms with E-state index in [1.165, 1.54) is 10.8 Å². The molecule has 0 bridgehead atoms. The summed E-state index contributed by atoms with van der Waals surface area (Å²) in [6.07, 6.45) is 1.49. The third kappa shape index (κ3) is 6.08. The summed E-state index contributed by atoms with van der Waals surface area (Å²) in [6, 6.07) is 7.19. The predicted molar refractivity (Wildman–Crippen MR) is 113 cm³/mol. The van der Waals surface area contributed by atoms with Crippen LogP contribution >= 0.6 is 8.17 Å². The first-order valence-electron chi connectivity index (χ1n) is 9.51. The largest absolute Gasteiger partial charge is 0.619 e. The lowest BCUT2D eigenvalue weighted by Gasteiger charge is -2.22. The lowest BCUT2D eigenvalue weighted by molar-refractivity contribution is -0.0302. The van der Waals surface area contributed by atoms with Gasteiger partial charge in [-0.05, 0) is 18.9 Å². The SMILES string of the molecule is CO.CO.O=Cc1cn(C2CCC(CO[P+]3(O)OCc4ccccc4O3)O2)c(=O)[nH]c1=O. The molecule has 2 aliphatic heterocycles. The first-order chi connectivity index (χ1) is 15.5. The number of carbonyl (C=O) groups is 1. The minimum absolute atomic E-state index is 0.00157. The zero-order valence-corrected chi connectivity index (χ0v) is 18.4. The third-order valence-electron chi connectivity index (χ3n) is 4.51. The lowest BCUT2D eigenvalue weighted by atomic mass is 10.2. The number of aliphatic hydroxyl groups is 2. The maximum atomic E-state index is 12.0. The molecule has 1 aromatic heterocycles. The van der Waals surface area contributed by atoms with Gasteiger partial charge in [0, 0.05) is 26.0 Å². The smallest absolute Gasteiger partial charge is 0.400 e. The topological polar surface area (TPSA) is 170 Å². The van der Waals surface area contributed by atoms with Crippen LogP contribution in [0.25, 0.3) is 0 Å². The number of rotatable bonds is 5. The molecule has 0 radical (unpaired) electrons. The van der Waals surface area contributed by atoms with Crippen LogP contribution in [-0.2, 0) is 20.4 Å². The average molecular weight is 473 g/mol. The summed E-state index contributed by atoms with van der Waals surface area (Å²) < 4.78 is 23.3. The third-order valence-corrected chi connectivity index (χ3v) is 5.87. The van der Waals surface area contributed by atoms with Crippen molar-refractivity contribution in [3.05, 3.63) is 62.4 Å².